The Morgan fingerprint density at radius 1 is 0.818 bits per heavy atom. The highest BCUT2D eigenvalue weighted by Gasteiger charge is 2.22. The lowest BCUT2D eigenvalue weighted by Crippen LogP contribution is -2.18. The lowest BCUT2D eigenvalue weighted by Gasteiger charge is -2.15. The monoisotopic (exact) mass is 312 g/mol. The summed E-state index contributed by atoms with van der Waals surface area (Å²) in [6.07, 6.45) is 4.63. The van der Waals surface area contributed by atoms with Crippen molar-refractivity contribution in [1.82, 2.24) is 0 Å². The maximum absolute atomic E-state index is 12.3. The van der Waals surface area contributed by atoms with Crippen molar-refractivity contribution in [2.24, 2.45) is 5.92 Å². The lowest BCUT2D eigenvalue weighted by molar-refractivity contribution is -0.142. The van der Waals surface area contributed by atoms with Gasteiger partial charge in [-0.15, -0.1) is 0 Å². The van der Waals surface area contributed by atoms with Crippen molar-refractivity contribution in [2.75, 3.05) is 13.2 Å². The molecule has 128 valence electrons. The number of hydrogen-bond donors (Lipinski definition) is 0. The van der Waals surface area contributed by atoms with Gasteiger partial charge in [-0.25, -0.2) is 9.59 Å². The Hall–Kier alpha value is -1.32. The van der Waals surface area contributed by atoms with Crippen LogP contribution in [0, 0.1) is 5.92 Å². The van der Waals surface area contributed by atoms with Gasteiger partial charge in [0.2, 0.25) is 0 Å². The van der Waals surface area contributed by atoms with E-state index in [1.165, 1.54) is 0 Å². The van der Waals surface area contributed by atoms with Crippen LogP contribution in [0.1, 0.15) is 73.1 Å². The van der Waals surface area contributed by atoms with E-state index in [2.05, 4.69) is 0 Å². The van der Waals surface area contributed by atoms with Gasteiger partial charge in [0.05, 0.1) is 13.2 Å². The Labute approximate surface area is 135 Å². The molecule has 0 aliphatic heterocycles. The fraction of sp³-hybridized carbons (Fsp3) is 0.778. The second-order valence-corrected chi connectivity index (χ2v) is 5.89. The second kappa shape index (κ2) is 12.2. The SMILES string of the molecule is CCCCOC(=O)C(CC)=C(CC(C)C)C(=O)OCCCC. The highest BCUT2D eigenvalue weighted by atomic mass is 16.5. The predicted octanol–water partition coefficient (Wildman–Crippen LogP) is 4.43. The van der Waals surface area contributed by atoms with Gasteiger partial charge in [-0.3, -0.25) is 0 Å². The Balaban J connectivity index is 5.09. The summed E-state index contributed by atoms with van der Waals surface area (Å²) in [4.78, 5) is 24.5. The first-order chi connectivity index (χ1) is 10.5. The highest BCUT2D eigenvalue weighted by molar-refractivity contribution is 6.00. The lowest BCUT2D eigenvalue weighted by atomic mass is 9.96. The van der Waals surface area contributed by atoms with E-state index in [1.54, 1.807) is 0 Å². The molecular formula is C18H32O4. The molecule has 0 N–H and O–H groups in total. The zero-order chi connectivity index (χ0) is 17.0. The van der Waals surface area contributed by atoms with Crippen molar-refractivity contribution in [1.29, 1.82) is 0 Å². The molecule has 0 unspecified atom stereocenters. The van der Waals surface area contributed by atoms with Crippen LogP contribution in [0.15, 0.2) is 11.1 Å². The third-order valence-corrected chi connectivity index (χ3v) is 3.29. The fourth-order valence-electron chi connectivity index (χ4n) is 2.01. The Morgan fingerprint density at radius 2 is 1.27 bits per heavy atom. The van der Waals surface area contributed by atoms with Gasteiger partial charge in [0.1, 0.15) is 0 Å². The second-order valence-electron chi connectivity index (χ2n) is 5.89. The first kappa shape index (κ1) is 20.7. The first-order valence-electron chi connectivity index (χ1n) is 8.54. The zero-order valence-corrected chi connectivity index (χ0v) is 14.9. The summed E-state index contributed by atoms with van der Waals surface area (Å²) in [5.74, 6) is -0.468. The molecule has 0 saturated heterocycles. The minimum atomic E-state index is -0.376. The van der Waals surface area contributed by atoms with E-state index in [9.17, 15) is 9.59 Å². The zero-order valence-electron chi connectivity index (χ0n) is 14.9. The quantitative estimate of drug-likeness (QED) is 0.322. The van der Waals surface area contributed by atoms with Gasteiger partial charge in [-0.2, -0.15) is 0 Å². The van der Waals surface area contributed by atoms with Gasteiger partial charge >= 0.3 is 11.9 Å². The molecule has 0 amide bonds. The summed E-state index contributed by atoms with van der Waals surface area (Å²) in [7, 11) is 0. The molecular weight excluding hydrogens is 280 g/mol. The molecule has 0 heterocycles. The minimum Gasteiger partial charge on any atom is -0.462 e. The van der Waals surface area contributed by atoms with Crippen LogP contribution in [-0.4, -0.2) is 25.2 Å². The number of ether oxygens (including phenoxy) is 2. The number of rotatable bonds is 11. The Kier molecular flexibility index (Phi) is 11.5. The number of hydrogen-bond acceptors (Lipinski definition) is 4. The molecule has 0 aromatic heterocycles. The number of carbonyl (C=O) groups is 2. The van der Waals surface area contributed by atoms with Crippen LogP contribution in [0.5, 0.6) is 0 Å². The smallest absolute Gasteiger partial charge is 0.334 e. The molecule has 0 radical (unpaired) electrons. The van der Waals surface area contributed by atoms with E-state index in [4.69, 9.17) is 9.47 Å². The molecule has 0 rings (SSSR count). The number of esters is 2. The first-order valence-corrected chi connectivity index (χ1v) is 8.54. The van der Waals surface area contributed by atoms with Gasteiger partial charge in [0.25, 0.3) is 0 Å². The third kappa shape index (κ3) is 8.20. The molecule has 0 aromatic rings. The predicted molar refractivity (Wildman–Crippen MR) is 88.5 cm³/mol. The fourth-order valence-corrected chi connectivity index (χ4v) is 2.01. The van der Waals surface area contributed by atoms with Crippen LogP contribution in [-0.2, 0) is 19.1 Å². The molecule has 4 nitrogen and oxygen atoms in total. The van der Waals surface area contributed by atoms with Crippen LogP contribution in [0.3, 0.4) is 0 Å². The van der Waals surface area contributed by atoms with E-state index >= 15 is 0 Å². The van der Waals surface area contributed by atoms with Crippen LogP contribution in [0.25, 0.3) is 0 Å². The van der Waals surface area contributed by atoms with Gasteiger partial charge in [-0.1, -0.05) is 47.5 Å². The summed E-state index contributed by atoms with van der Waals surface area (Å²) in [6.45, 7) is 10.8. The van der Waals surface area contributed by atoms with E-state index in [0.29, 0.717) is 37.2 Å². The van der Waals surface area contributed by atoms with E-state index in [-0.39, 0.29) is 17.9 Å². The van der Waals surface area contributed by atoms with Crippen LogP contribution in [0.2, 0.25) is 0 Å². The average molecular weight is 312 g/mol. The molecule has 0 fully saturated rings. The molecule has 0 aromatic carbocycles. The Morgan fingerprint density at radius 3 is 1.64 bits per heavy atom. The molecule has 0 atom stereocenters. The summed E-state index contributed by atoms with van der Waals surface area (Å²) >= 11 is 0. The van der Waals surface area contributed by atoms with Crippen molar-refractivity contribution < 1.29 is 19.1 Å². The van der Waals surface area contributed by atoms with Crippen molar-refractivity contribution in [3.05, 3.63) is 11.1 Å². The molecule has 0 aliphatic carbocycles. The average Bonchev–Trinajstić information content (AvgIpc) is 2.47. The molecule has 0 spiro atoms. The maximum atomic E-state index is 12.3. The largest absolute Gasteiger partial charge is 0.462 e. The third-order valence-electron chi connectivity index (χ3n) is 3.29. The van der Waals surface area contributed by atoms with Gasteiger partial charge in [0.15, 0.2) is 0 Å². The summed E-state index contributed by atoms with van der Waals surface area (Å²) in [5, 5.41) is 0. The molecule has 22 heavy (non-hydrogen) atoms. The summed E-state index contributed by atoms with van der Waals surface area (Å²) in [5.41, 5.74) is 0.946. The topological polar surface area (TPSA) is 52.6 Å². The number of carbonyl (C=O) groups excluding carboxylic acids is 2. The normalized spacial score (nSPS) is 12.1. The van der Waals surface area contributed by atoms with E-state index in [0.717, 1.165) is 25.7 Å². The standard InChI is InChI=1S/C18H32O4/c1-6-9-11-21-17(19)15(8-3)16(13-14(4)5)18(20)22-12-10-7-2/h14H,6-13H2,1-5H3. The van der Waals surface area contributed by atoms with Gasteiger partial charge in [0, 0.05) is 11.1 Å². The number of unbranched alkanes of at least 4 members (excludes halogenated alkanes) is 2. The van der Waals surface area contributed by atoms with Crippen molar-refractivity contribution in [3.8, 4) is 0 Å². The van der Waals surface area contributed by atoms with E-state index in [1.807, 2.05) is 34.6 Å². The van der Waals surface area contributed by atoms with E-state index < -0.39 is 0 Å². The van der Waals surface area contributed by atoms with Gasteiger partial charge < -0.3 is 9.47 Å². The van der Waals surface area contributed by atoms with Crippen molar-refractivity contribution in [3.63, 3.8) is 0 Å². The molecule has 0 aliphatic rings. The Bertz CT molecular complexity index is 369. The van der Waals surface area contributed by atoms with Crippen molar-refractivity contribution >= 4 is 11.9 Å². The van der Waals surface area contributed by atoms with Crippen LogP contribution in [0.4, 0.5) is 0 Å². The molecule has 4 heteroatoms. The molecule has 0 bridgehead atoms. The maximum Gasteiger partial charge on any atom is 0.334 e. The van der Waals surface area contributed by atoms with Crippen molar-refractivity contribution in [2.45, 2.75) is 73.1 Å². The summed E-state index contributed by atoms with van der Waals surface area (Å²) in [6, 6.07) is 0. The summed E-state index contributed by atoms with van der Waals surface area (Å²) < 4.78 is 10.6. The van der Waals surface area contributed by atoms with Gasteiger partial charge in [-0.05, 0) is 31.6 Å². The molecule has 0 saturated carbocycles. The highest BCUT2D eigenvalue weighted by Crippen LogP contribution is 2.21. The minimum absolute atomic E-state index is 0.277. The van der Waals surface area contributed by atoms with Crippen LogP contribution >= 0.6 is 0 Å². The van der Waals surface area contributed by atoms with Crippen LogP contribution < -0.4 is 0 Å².